The number of carbonyl (C=O) groups is 1. The molecule has 0 amide bonds. The van der Waals surface area contributed by atoms with Crippen molar-refractivity contribution in [2.75, 3.05) is 18.5 Å². The van der Waals surface area contributed by atoms with Gasteiger partial charge in [-0.05, 0) is 51.1 Å². The van der Waals surface area contributed by atoms with Crippen LogP contribution in [0.2, 0.25) is 5.02 Å². The predicted octanol–water partition coefficient (Wildman–Crippen LogP) is 4.87. The Balaban J connectivity index is 2.07. The maximum absolute atomic E-state index is 14.3. The van der Waals surface area contributed by atoms with Crippen LogP contribution in [0.4, 0.5) is 10.2 Å². The van der Waals surface area contributed by atoms with Gasteiger partial charge in [0.25, 0.3) is 0 Å². The molecule has 1 aromatic heterocycles. The normalized spacial score (nSPS) is 11.5. The first kappa shape index (κ1) is 20.0. The lowest BCUT2D eigenvalue weighted by atomic mass is 10.1. The van der Waals surface area contributed by atoms with Gasteiger partial charge < -0.3 is 9.64 Å². The molecule has 0 unspecified atom stereocenters. The number of likely N-dealkylation sites (N-methyl/N-ethyl adjacent to an activating group) is 1. The second kappa shape index (κ2) is 7.72. The van der Waals surface area contributed by atoms with Gasteiger partial charge in [0.1, 0.15) is 23.8 Å². The number of halogens is 2. The number of carbonyl (C=O) groups excluding carboxylic acids is 1. The summed E-state index contributed by atoms with van der Waals surface area (Å²) in [5, 5.41) is 1.18. The summed E-state index contributed by atoms with van der Waals surface area (Å²) < 4.78 is 19.7. The highest BCUT2D eigenvalue weighted by Crippen LogP contribution is 2.30. The maximum Gasteiger partial charge on any atom is 0.326 e. The summed E-state index contributed by atoms with van der Waals surface area (Å²) in [5.74, 6) is -0.108. The molecule has 0 saturated heterocycles. The fraction of sp³-hybridized carbons (Fsp3) is 0.286. The molecule has 146 valence electrons. The van der Waals surface area contributed by atoms with Gasteiger partial charge in [0.2, 0.25) is 0 Å². The van der Waals surface area contributed by atoms with Crippen molar-refractivity contribution in [3.05, 3.63) is 53.3 Å². The lowest BCUT2D eigenvalue weighted by molar-refractivity contribution is -0.152. The molecule has 0 fully saturated rings. The number of esters is 1. The van der Waals surface area contributed by atoms with E-state index in [2.05, 4.69) is 9.97 Å². The number of nitrogens with zero attached hydrogens (tertiary/aromatic N) is 3. The molecule has 28 heavy (non-hydrogen) atoms. The summed E-state index contributed by atoms with van der Waals surface area (Å²) in [7, 11) is 1.72. The minimum Gasteiger partial charge on any atom is -0.459 e. The number of hydrogen-bond donors (Lipinski definition) is 0. The van der Waals surface area contributed by atoms with Crippen LogP contribution in [0, 0.1) is 5.82 Å². The first-order valence-corrected chi connectivity index (χ1v) is 9.17. The van der Waals surface area contributed by atoms with Gasteiger partial charge in [-0.15, -0.1) is 0 Å². The molecule has 0 radical (unpaired) electrons. The topological polar surface area (TPSA) is 55.3 Å². The van der Waals surface area contributed by atoms with Gasteiger partial charge >= 0.3 is 5.97 Å². The molecular weight excluding hydrogens is 381 g/mol. The second-order valence-corrected chi connectivity index (χ2v) is 7.89. The summed E-state index contributed by atoms with van der Waals surface area (Å²) in [6.07, 6.45) is 0. The van der Waals surface area contributed by atoms with E-state index in [1.54, 1.807) is 69.1 Å². The molecule has 0 aliphatic heterocycles. The van der Waals surface area contributed by atoms with Gasteiger partial charge in [-0.25, -0.2) is 14.4 Å². The minimum atomic E-state index is -0.590. The third-order valence-corrected chi connectivity index (χ3v) is 4.14. The first-order valence-electron chi connectivity index (χ1n) is 8.79. The van der Waals surface area contributed by atoms with Crippen LogP contribution in [0.15, 0.2) is 42.5 Å². The van der Waals surface area contributed by atoms with E-state index in [9.17, 15) is 9.18 Å². The monoisotopic (exact) mass is 401 g/mol. The number of ether oxygens (including phenoxy) is 1. The van der Waals surface area contributed by atoms with Crippen LogP contribution >= 0.6 is 11.6 Å². The molecule has 1 heterocycles. The van der Waals surface area contributed by atoms with Crippen LogP contribution in [-0.2, 0) is 9.53 Å². The molecule has 0 spiro atoms. The number of rotatable bonds is 4. The Morgan fingerprint density at radius 1 is 1.18 bits per heavy atom. The summed E-state index contributed by atoms with van der Waals surface area (Å²) in [6.45, 7) is 5.40. The average molecular weight is 402 g/mol. The molecule has 2 aromatic carbocycles. The molecular formula is C21H21ClFN3O2. The molecule has 0 saturated carbocycles. The Bertz CT molecular complexity index is 1030. The summed E-state index contributed by atoms with van der Waals surface area (Å²) in [6, 6.07) is 11.5. The van der Waals surface area contributed by atoms with Crippen LogP contribution in [0.1, 0.15) is 20.8 Å². The highest BCUT2D eigenvalue weighted by molar-refractivity contribution is 6.31. The Hall–Kier alpha value is -2.73. The lowest BCUT2D eigenvalue weighted by Gasteiger charge is -2.24. The van der Waals surface area contributed by atoms with E-state index in [-0.39, 0.29) is 17.9 Å². The van der Waals surface area contributed by atoms with Crippen molar-refractivity contribution in [1.29, 1.82) is 0 Å². The van der Waals surface area contributed by atoms with Crippen molar-refractivity contribution in [2.45, 2.75) is 26.4 Å². The molecule has 0 aliphatic carbocycles. The Labute approximate surface area is 168 Å². The quantitative estimate of drug-likeness (QED) is 0.584. The largest absolute Gasteiger partial charge is 0.459 e. The Morgan fingerprint density at radius 3 is 2.57 bits per heavy atom. The zero-order chi connectivity index (χ0) is 20.5. The van der Waals surface area contributed by atoms with Gasteiger partial charge in [0.15, 0.2) is 5.82 Å². The molecule has 3 aromatic rings. The molecule has 0 atom stereocenters. The van der Waals surface area contributed by atoms with Gasteiger partial charge in [-0.1, -0.05) is 23.7 Å². The van der Waals surface area contributed by atoms with E-state index in [1.165, 1.54) is 6.07 Å². The zero-order valence-electron chi connectivity index (χ0n) is 16.2. The number of fused-ring (bicyclic) bond motifs is 1. The zero-order valence-corrected chi connectivity index (χ0v) is 16.9. The highest BCUT2D eigenvalue weighted by Gasteiger charge is 2.21. The van der Waals surface area contributed by atoms with Gasteiger partial charge in [0, 0.05) is 17.5 Å². The van der Waals surface area contributed by atoms with E-state index >= 15 is 0 Å². The summed E-state index contributed by atoms with van der Waals surface area (Å²) in [4.78, 5) is 22.9. The van der Waals surface area contributed by atoms with Crippen molar-refractivity contribution in [3.63, 3.8) is 0 Å². The number of benzene rings is 2. The van der Waals surface area contributed by atoms with Crippen LogP contribution < -0.4 is 4.90 Å². The molecule has 5 nitrogen and oxygen atoms in total. The third-order valence-electron chi connectivity index (χ3n) is 3.90. The maximum atomic E-state index is 14.3. The molecule has 7 heteroatoms. The van der Waals surface area contributed by atoms with E-state index in [1.807, 2.05) is 0 Å². The van der Waals surface area contributed by atoms with Crippen LogP contribution in [0.5, 0.6) is 0 Å². The van der Waals surface area contributed by atoms with E-state index in [0.717, 1.165) is 0 Å². The first-order chi connectivity index (χ1) is 13.1. The summed E-state index contributed by atoms with van der Waals surface area (Å²) in [5.41, 5.74) is 0.294. The number of hydrogen-bond acceptors (Lipinski definition) is 5. The fourth-order valence-corrected chi connectivity index (χ4v) is 2.95. The van der Waals surface area contributed by atoms with Crippen LogP contribution in [0.25, 0.3) is 22.3 Å². The standard InChI is InChI=1S/C21H21ClFN3O2/c1-21(2,3)28-18(27)12-26(4)20-15-11-13(22)9-10-17(15)24-19(25-20)14-7-5-6-8-16(14)23/h5-11H,12H2,1-4H3. The Kier molecular flexibility index (Phi) is 5.52. The molecule has 0 bridgehead atoms. The van der Waals surface area contributed by atoms with Crippen molar-refractivity contribution in [3.8, 4) is 11.4 Å². The van der Waals surface area contributed by atoms with Crippen molar-refractivity contribution >= 4 is 34.3 Å². The second-order valence-electron chi connectivity index (χ2n) is 7.45. The van der Waals surface area contributed by atoms with Gasteiger partial charge in [0.05, 0.1) is 11.1 Å². The van der Waals surface area contributed by atoms with Crippen LogP contribution in [-0.4, -0.2) is 35.1 Å². The highest BCUT2D eigenvalue weighted by atomic mass is 35.5. The van der Waals surface area contributed by atoms with Crippen molar-refractivity contribution in [2.24, 2.45) is 0 Å². The predicted molar refractivity (Wildman–Crippen MR) is 109 cm³/mol. The van der Waals surface area contributed by atoms with E-state index in [0.29, 0.717) is 21.7 Å². The Morgan fingerprint density at radius 2 is 1.89 bits per heavy atom. The van der Waals surface area contributed by atoms with Crippen LogP contribution in [0.3, 0.4) is 0 Å². The molecule has 3 rings (SSSR count). The summed E-state index contributed by atoms with van der Waals surface area (Å²) >= 11 is 6.14. The third kappa shape index (κ3) is 4.57. The fourth-order valence-electron chi connectivity index (χ4n) is 2.78. The van der Waals surface area contributed by atoms with E-state index < -0.39 is 17.4 Å². The lowest BCUT2D eigenvalue weighted by Crippen LogP contribution is -2.33. The SMILES string of the molecule is CN(CC(=O)OC(C)(C)C)c1nc(-c2ccccc2F)nc2ccc(Cl)cc12. The smallest absolute Gasteiger partial charge is 0.326 e. The number of aromatic nitrogens is 2. The van der Waals surface area contributed by atoms with Crippen molar-refractivity contribution < 1.29 is 13.9 Å². The van der Waals surface area contributed by atoms with Gasteiger partial charge in [-0.3, -0.25) is 4.79 Å². The molecule has 0 aliphatic rings. The molecule has 0 N–H and O–H groups in total. The van der Waals surface area contributed by atoms with E-state index in [4.69, 9.17) is 16.3 Å². The minimum absolute atomic E-state index is 0.0212. The average Bonchev–Trinajstić information content (AvgIpc) is 2.59. The van der Waals surface area contributed by atoms with Gasteiger partial charge in [-0.2, -0.15) is 0 Å². The number of anilines is 1. The van der Waals surface area contributed by atoms with Crippen molar-refractivity contribution in [1.82, 2.24) is 9.97 Å².